The number of fused-ring (bicyclic) bond motifs is 2. The lowest BCUT2D eigenvalue weighted by Crippen LogP contribution is -2.48. The number of nitrogens with two attached hydrogens (primary N) is 1. The van der Waals surface area contributed by atoms with Crippen molar-refractivity contribution >= 4 is 15.9 Å². The third-order valence-corrected chi connectivity index (χ3v) is 6.66. The van der Waals surface area contributed by atoms with Gasteiger partial charge in [0, 0.05) is 29.8 Å². The van der Waals surface area contributed by atoms with Crippen molar-refractivity contribution in [3.8, 4) is 0 Å². The van der Waals surface area contributed by atoms with Gasteiger partial charge in [-0.3, -0.25) is 9.89 Å². The highest BCUT2D eigenvalue weighted by Crippen LogP contribution is 2.44. The molecule has 2 heterocycles. The third-order valence-electron chi connectivity index (χ3n) is 5.75. The van der Waals surface area contributed by atoms with E-state index in [0.29, 0.717) is 18.7 Å². The lowest BCUT2D eigenvalue weighted by molar-refractivity contribution is 0.0632. The Balaban J connectivity index is 1.65. The van der Waals surface area contributed by atoms with Gasteiger partial charge in [-0.15, -0.1) is 0 Å². The number of aromatic amines is 1. The van der Waals surface area contributed by atoms with E-state index in [4.69, 9.17) is 5.14 Å². The Morgan fingerprint density at radius 3 is 2.92 bits per heavy atom. The molecular weight excluding hydrogens is 352 g/mol. The van der Waals surface area contributed by atoms with Crippen LogP contribution in [0.4, 0.5) is 0 Å². The molecule has 0 bridgehead atoms. The Bertz CT molecular complexity index is 982. The summed E-state index contributed by atoms with van der Waals surface area (Å²) in [5.41, 5.74) is 3.48. The van der Waals surface area contributed by atoms with E-state index in [0.717, 1.165) is 36.9 Å². The second-order valence-corrected chi connectivity index (χ2v) is 8.96. The normalized spacial score (nSPS) is 22.6. The summed E-state index contributed by atoms with van der Waals surface area (Å²) in [7, 11) is -3.84. The number of piperidine rings is 1. The number of likely N-dealkylation sites (tertiary alicyclic amines) is 1. The summed E-state index contributed by atoms with van der Waals surface area (Å²) in [6, 6.07) is 4.47. The molecule has 8 heteroatoms. The molecule has 1 saturated heterocycles. The summed E-state index contributed by atoms with van der Waals surface area (Å²) >= 11 is 0. The minimum atomic E-state index is -3.84. The molecule has 1 spiro atoms. The minimum absolute atomic E-state index is 0.0325. The van der Waals surface area contributed by atoms with Gasteiger partial charge in [0.15, 0.2) is 0 Å². The van der Waals surface area contributed by atoms with Gasteiger partial charge in [-0.25, -0.2) is 13.6 Å². The number of H-pyrrole nitrogens is 1. The smallest absolute Gasteiger partial charge is 0.254 e. The quantitative estimate of drug-likeness (QED) is 0.830. The molecule has 1 aliphatic carbocycles. The number of amides is 1. The van der Waals surface area contributed by atoms with Crippen molar-refractivity contribution < 1.29 is 13.2 Å². The number of hydrogen-bond acceptors (Lipinski definition) is 4. The molecule has 7 nitrogen and oxygen atoms in total. The molecule has 1 unspecified atom stereocenters. The molecule has 0 saturated carbocycles. The van der Waals surface area contributed by atoms with E-state index in [9.17, 15) is 13.2 Å². The highest BCUT2D eigenvalue weighted by Gasteiger charge is 2.44. The van der Waals surface area contributed by atoms with E-state index in [1.807, 2.05) is 18.0 Å². The monoisotopic (exact) mass is 374 g/mol. The first-order valence-corrected chi connectivity index (χ1v) is 10.3. The Hall–Kier alpha value is -2.19. The van der Waals surface area contributed by atoms with Crippen LogP contribution in [0.15, 0.2) is 29.3 Å². The molecule has 2 aliphatic rings. The zero-order chi connectivity index (χ0) is 18.5. The second-order valence-electron chi connectivity index (χ2n) is 7.40. The summed E-state index contributed by atoms with van der Waals surface area (Å²) in [6.07, 6.45) is 5.81. The number of nitrogens with one attached hydrogen (secondary N) is 1. The molecule has 1 aromatic carbocycles. The lowest BCUT2D eigenvalue weighted by Gasteiger charge is -2.40. The topological polar surface area (TPSA) is 109 Å². The van der Waals surface area contributed by atoms with Crippen LogP contribution in [0.2, 0.25) is 0 Å². The second kappa shape index (κ2) is 5.92. The summed E-state index contributed by atoms with van der Waals surface area (Å²) in [4.78, 5) is 15.0. The summed E-state index contributed by atoms with van der Waals surface area (Å²) in [5.74, 6) is -0.139. The van der Waals surface area contributed by atoms with Crippen molar-refractivity contribution in [1.29, 1.82) is 0 Å². The molecule has 3 N–H and O–H groups in total. The zero-order valence-corrected chi connectivity index (χ0v) is 15.5. The van der Waals surface area contributed by atoms with Crippen LogP contribution in [0.25, 0.3) is 0 Å². The Kier molecular flexibility index (Phi) is 3.92. The van der Waals surface area contributed by atoms with Crippen molar-refractivity contribution in [2.75, 3.05) is 13.1 Å². The largest absolute Gasteiger partial charge is 0.338 e. The van der Waals surface area contributed by atoms with Crippen molar-refractivity contribution in [3.05, 3.63) is 46.8 Å². The fourth-order valence-corrected chi connectivity index (χ4v) is 4.89. The van der Waals surface area contributed by atoms with Gasteiger partial charge in [-0.2, -0.15) is 5.10 Å². The average Bonchev–Trinajstić information content (AvgIpc) is 3.19. The Morgan fingerprint density at radius 1 is 1.35 bits per heavy atom. The lowest BCUT2D eigenvalue weighted by atomic mass is 9.77. The van der Waals surface area contributed by atoms with E-state index in [1.54, 1.807) is 6.07 Å². The zero-order valence-electron chi connectivity index (χ0n) is 14.7. The predicted molar refractivity (Wildman–Crippen MR) is 96.3 cm³/mol. The molecule has 1 aliphatic heterocycles. The SMILES string of the molecule is Cc1ccc(S(N)(=O)=O)cc1C(=O)N1CCCC2(CCc3cn[nH]c32)C1. The van der Waals surface area contributed by atoms with E-state index in [-0.39, 0.29) is 16.2 Å². The molecule has 1 amide bonds. The van der Waals surface area contributed by atoms with E-state index >= 15 is 0 Å². The molecule has 26 heavy (non-hydrogen) atoms. The van der Waals surface area contributed by atoms with Gasteiger partial charge in [0.25, 0.3) is 5.91 Å². The number of primary sulfonamides is 1. The molecule has 1 fully saturated rings. The maximum Gasteiger partial charge on any atom is 0.254 e. The average molecular weight is 374 g/mol. The number of hydrogen-bond donors (Lipinski definition) is 2. The van der Waals surface area contributed by atoms with E-state index in [1.165, 1.54) is 17.7 Å². The van der Waals surface area contributed by atoms with Crippen LogP contribution in [0.3, 0.4) is 0 Å². The molecule has 2 aromatic rings. The van der Waals surface area contributed by atoms with E-state index in [2.05, 4.69) is 10.2 Å². The van der Waals surface area contributed by atoms with Gasteiger partial charge in [0.1, 0.15) is 0 Å². The molecule has 138 valence electrons. The molecule has 0 radical (unpaired) electrons. The number of nitrogens with zero attached hydrogens (tertiary/aromatic N) is 2. The van der Waals surface area contributed by atoms with Crippen LogP contribution in [-0.2, 0) is 21.9 Å². The fraction of sp³-hybridized carbons (Fsp3) is 0.444. The minimum Gasteiger partial charge on any atom is -0.338 e. The third kappa shape index (κ3) is 2.73. The van der Waals surface area contributed by atoms with Crippen LogP contribution in [-0.4, -0.2) is 42.5 Å². The number of sulfonamides is 1. The number of rotatable bonds is 2. The maximum absolute atomic E-state index is 13.2. The highest BCUT2D eigenvalue weighted by molar-refractivity contribution is 7.89. The summed E-state index contributed by atoms with van der Waals surface area (Å²) < 4.78 is 23.3. The van der Waals surface area contributed by atoms with Crippen LogP contribution >= 0.6 is 0 Å². The Morgan fingerprint density at radius 2 is 2.15 bits per heavy atom. The molecule has 1 aromatic heterocycles. The van der Waals surface area contributed by atoms with Crippen LogP contribution in [0, 0.1) is 6.92 Å². The number of benzene rings is 1. The molecule has 1 atom stereocenters. The van der Waals surface area contributed by atoms with E-state index < -0.39 is 10.0 Å². The molecule has 4 rings (SSSR count). The van der Waals surface area contributed by atoms with Gasteiger partial charge in [-0.05, 0) is 55.9 Å². The van der Waals surface area contributed by atoms with Crippen LogP contribution in [0.1, 0.15) is 46.4 Å². The Labute approximate surface area is 152 Å². The van der Waals surface area contributed by atoms with Crippen molar-refractivity contribution in [3.63, 3.8) is 0 Å². The number of carbonyl (C=O) groups is 1. The van der Waals surface area contributed by atoms with Crippen LogP contribution < -0.4 is 5.14 Å². The van der Waals surface area contributed by atoms with Crippen molar-refractivity contribution in [1.82, 2.24) is 15.1 Å². The van der Waals surface area contributed by atoms with Crippen LogP contribution in [0.5, 0.6) is 0 Å². The summed E-state index contributed by atoms with van der Waals surface area (Å²) in [6.45, 7) is 3.10. The first-order valence-electron chi connectivity index (χ1n) is 8.76. The van der Waals surface area contributed by atoms with Gasteiger partial charge in [0.05, 0.1) is 11.1 Å². The first-order chi connectivity index (χ1) is 12.3. The van der Waals surface area contributed by atoms with Gasteiger partial charge in [0.2, 0.25) is 10.0 Å². The molecular formula is C18H22N4O3S. The maximum atomic E-state index is 13.2. The highest BCUT2D eigenvalue weighted by atomic mass is 32.2. The van der Waals surface area contributed by atoms with Gasteiger partial charge in [-0.1, -0.05) is 6.07 Å². The number of aryl methyl sites for hydroxylation is 2. The predicted octanol–water partition coefficient (Wildman–Crippen LogP) is 1.49. The number of aromatic nitrogens is 2. The van der Waals surface area contributed by atoms with Crippen molar-refractivity contribution in [2.24, 2.45) is 5.14 Å². The fourth-order valence-electron chi connectivity index (χ4n) is 4.35. The number of carbonyl (C=O) groups excluding carboxylic acids is 1. The van der Waals surface area contributed by atoms with Crippen molar-refractivity contribution in [2.45, 2.75) is 42.9 Å². The van der Waals surface area contributed by atoms with Gasteiger partial charge < -0.3 is 4.90 Å². The standard InChI is InChI=1S/C18H22N4O3S/c1-12-3-4-14(26(19,24)25)9-15(12)17(23)22-8-2-6-18(11-22)7-5-13-10-20-21-16(13)18/h3-4,9-10H,2,5-8,11H2,1H3,(H,20,21)(H2,19,24,25). The van der Waals surface area contributed by atoms with Gasteiger partial charge >= 0.3 is 0 Å². The first kappa shape index (κ1) is 17.2. The summed E-state index contributed by atoms with van der Waals surface area (Å²) in [5, 5.41) is 12.5.